The van der Waals surface area contributed by atoms with Crippen LogP contribution in [0, 0.1) is 6.92 Å². The quantitative estimate of drug-likeness (QED) is 0.497. The summed E-state index contributed by atoms with van der Waals surface area (Å²) in [6, 6.07) is 4.70. The number of hydrogen-bond acceptors (Lipinski definition) is 3. The first-order chi connectivity index (χ1) is 13.4. The maximum Gasteiger partial charge on any atom is 0.405 e. The highest BCUT2D eigenvalue weighted by molar-refractivity contribution is 7.89. The summed E-state index contributed by atoms with van der Waals surface area (Å²) in [7, 11) is -4.81. The van der Waals surface area contributed by atoms with Gasteiger partial charge in [0.05, 0.1) is 5.02 Å². The van der Waals surface area contributed by atoms with Crippen LogP contribution in [0.25, 0.3) is 10.9 Å². The number of alkyl halides is 3. The van der Waals surface area contributed by atoms with Crippen molar-refractivity contribution in [3.8, 4) is 5.75 Å². The number of aromatic nitrogens is 1. The molecule has 3 rings (SSSR count). The fraction of sp³-hybridized carbons (Fsp3) is 0.222. The average molecular weight is 467 g/mol. The summed E-state index contributed by atoms with van der Waals surface area (Å²) < 4.78 is 67.7. The first-order valence-electron chi connectivity index (χ1n) is 8.22. The van der Waals surface area contributed by atoms with E-state index in [9.17, 15) is 26.7 Å². The van der Waals surface area contributed by atoms with Crippen molar-refractivity contribution in [3.63, 3.8) is 0 Å². The van der Waals surface area contributed by atoms with Gasteiger partial charge in [-0.15, -0.1) is 0 Å². The molecule has 0 saturated heterocycles. The summed E-state index contributed by atoms with van der Waals surface area (Å²) in [5.41, 5.74) is 1.77. The summed E-state index contributed by atoms with van der Waals surface area (Å²) in [6.45, 7) is 1.80. The van der Waals surface area contributed by atoms with E-state index >= 15 is 0 Å². The zero-order chi connectivity index (χ0) is 21.6. The Bertz CT molecular complexity index is 1150. The minimum Gasteiger partial charge on any atom is -0.506 e. The first kappa shape index (κ1) is 21.8. The van der Waals surface area contributed by atoms with E-state index in [-0.39, 0.29) is 5.02 Å². The van der Waals surface area contributed by atoms with Gasteiger partial charge in [0.25, 0.3) is 0 Å². The van der Waals surface area contributed by atoms with Gasteiger partial charge in [0, 0.05) is 28.2 Å². The molecule has 3 aromatic rings. The van der Waals surface area contributed by atoms with Gasteiger partial charge in [0.15, 0.2) is 0 Å². The van der Waals surface area contributed by atoms with Crippen molar-refractivity contribution in [2.75, 3.05) is 0 Å². The van der Waals surface area contributed by atoms with Crippen LogP contribution in [0.5, 0.6) is 5.75 Å². The number of H-pyrrole nitrogens is 1. The molecule has 11 heteroatoms. The summed E-state index contributed by atoms with van der Waals surface area (Å²) >= 11 is 11.5. The number of aromatic amines is 1. The van der Waals surface area contributed by atoms with E-state index in [1.54, 1.807) is 29.8 Å². The molecule has 0 bridgehead atoms. The number of sulfonamides is 1. The average Bonchev–Trinajstić information content (AvgIpc) is 2.94. The largest absolute Gasteiger partial charge is 0.506 e. The lowest BCUT2D eigenvalue weighted by Gasteiger charge is -2.22. The SMILES string of the molecule is Cc1ccc2[nH]cc(CC(NS(=O)(=O)c3c(O)cc(Cl)cc3Cl)C(F)(F)F)c2c1. The van der Waals surface area contributed by atoms with E-state index in [1.807, 2.05) is 0 Å². The Morgan fingerprint density at radius 1 is 1.21 bits per heavy atom. The van der Waals surface area contributed by atoms with Crippen LogP contribution in [-0.4, -0.2) is 30.7 Å². The molecule has 0 aliphatic carbocycles. The van der Waals surface area contributed by atoms with Gasteiger partial charge in [-0.2, -0.15) is 17.9 Å². The Morgan fingerprint density at radius 3 is 2.52 bits per heavy atom. The van der Waals surface area contributed by atoms with Gasteiger partial charge >= 0.3 is 6.18 Å². The van der Waals surface area contributed by atoms with Crippen LogP contribution in [0.15, 0.2) is 41.4 Å². The lowest BCUT2D eigenvalue weighted by Crippen LogP contribution is -2.46. The first-order valence-corrected chi connectivity index (χ1v) is 10.5. The molecular formula is C18H15Cl2F3N2O3S. The van der Waals surface area contributed by atoms with Crippen LogP contribution in [0.3, 0.4) is 0 Å². The molecule has 5 nitrogen and oxygen atoms in total. The van der Waals surface area contributed by atoms with Crippen molar-refractivity contribution in [2.45, 2.75) is 30.5 Å². The smallest absolute Gasteiger partial charge is 0.405 e. The highest BCUT2D eigenvalue weighted by Gasteiger charge is 2.43. The molecule has 29 heavy (non-hydrogen) atoms. The van der Waals surface area contributed by atoms with Crippen LogP contribution in [0.4, 0.5) is 13.2 Å². The van der Waals surface area contributed by atoms with Crippen LogP contribution in [-0.2, 0) is 16.4 Å². The summed E-state index contributed by atoms with van der Waals surface area (Å²) in [5, 5.41) is 9.88. The summed E-state index contributed by atoms with van der Waals surface area (Å²) in [6.07, 6.45) is -4.14. The number of phenols is 1. The normalized spacial score (nSPS) is 13.7. The second-order valence-electron chi connectivity index (χ2n) is 6.52. The molecule has 1 unspecified atom stereocenters. The van der Waals surface area contributed by atoms with Crippen molar-refractivity contribution in [3.05, 3.63) is 57.7 Å². The number of aryl methyl sites for hydroxylation is 1. The number of fused-ring (bicyclic) bond motifs is 1. The zero-order valence-corrected chi connectivity index (χ0v) is 17.1. The molecule has 156 valence electrons. The Balaban J connectivity index is 1.99. The van der Waals surface area contributed by atoms with Crippen molar-refractivity contribution < 1.29 is 26.7 Å². The molecule has 0 amide bonds. The number of hydrogen-bond donors (Lipinski definition) is 3. The maximum absolute atomic E-state index is 13.6. The van der Waals surface area contributed by atoms with Crippen molar-refractivity contribution in [2.24, 2.45) is 0 Å². The molecule has 1 heterocycles. The number of benzene rings is 2. The fourth-order valence-corrected chi connectivity index (χ4v) is 5.11. The van der Waals surface area contributed by atoms with Gasteiger partial charge in [-0.25, -0.2) is 8.42 Å². The van der Waals surface area contributed by atoms with Gasteiger partial charge in [0.1, 0.15) is 16.7 Å². The molecule has 0 fully saturated rings. The van der Waals surface area contributed by atoms with Crippen LogP contribution >= 0.6 is 23.2 Å². The number of nitrogens with one attached hydrogen (secondary N) is 2. The molecule has 2 aromatic carbocycles. The molecule has 0 aliphatic heterocycles. The minimum atomic E-state index is -4.89. The third-order valence-corrected chi connectivity index (χ3v) is 6.49. The molecule has 0 radical (unpaired) electrons. The van der Waals surface area contributed by atoms with E-state index in [0.29, 0.717) is 16.5 Å². The van der Waals surface area contributed by atoms with Crippen LogP contribution < -0.4 is 4.72 Å². The topological polar surface area (TPSA) is 82.2 Å². The number of phenolic OH excluding ortho intramolecular Hbond substituents is 1. The van der Waals surface area contributed by atoms with E-state index < -0.39 is 44.3 Å². The summed E-state index contributed by atoms with van der Waals surface area (Å²) in [4.78, 5) is 2.00. The minimum absolute atomic E-state index is 0.0621. The number of rotatable bonds is 5. The van der Waals surface area contributed by atoms with Crippen molar-refractivity contribution >= 4 is 44.1 Å². The summed E-state index contributed by atoms with van der Waals surface area (Å²) in [5.74, 6) is -0.848. The highest BCUT2D eigenvalue weighted by Crippen LogP contribution is 2.35. The third kappa shape index (κ3) is 4.63. The van der Waals surface area contributed by atoms with Crippen LogP contribution in [0.2, 0.25) is 10.0 Å². The maximum atomic E-state index is 13.6. The second-order valence-corrected chi connectivity index (χ2v) is 9.01. The monoisotopic (exact) mass is 466 g/mol. The predicted molar refractivity (Wildman–Crippen MR) is 105 cm³/mol. The highest BCUT2D eigenvalue weighted by atomic mass is 35.5. The number of aromatic hydroxyl groups is 1. The van der Waals surface area contributed by atoms with Gasteiger partial charge < -0.3 is 10.1 Å². The predicted octanol–water partition coefficient (Wildman–Crippen LogP) is 4.94. The van der Waals surface area contributed by atoms with Crippen LogP contribution in [0.1, 0.15) is 11.1 Å². The Hall–Kier alpha value is -1.94. The van der Waals surface area contributed by atoms with E-state index in [2.05, 4.69) is 4.98 Å². The van der Waals surface area contributed by atoms with E-state index in [0.717, 1.165) is 17.7 Å². The van der Waals surface area contributed by atoms with Gasteiger partial charge in [-0.3, -0.25) is 0 Å². The lowest BCUT2D eigenvalue weighted by atomic mass is 10.0. The molecule has 1 aromatic heterocycles. The zero-order valence-electron chi connectivity index (χ0n) is 14.8. The Kier molecular flexibility index (Phi) is 5.79. The van der Waals surface area contributed by atoms with Gasteiger partial charge in [-0.1, -0.05) is 34.8 Å². The Morgan fingerprint density at radius 2 is 1.90 bits per heavy atom. The standard InChI is InChI=1S/C18H15Cl2F3N2O3S/c1-9-2-3-14-12(4-9)10(8-24-14)5-16(18(21,22)23)25-29(27,28)17-13(20)6-11(19)7-15(17)26/h2-4,6-8,16,24-26H,5H2,1H3. The molecule has 3 N–H and O–H groups in total. The van der Waals surface area contributed by atoms with Crippen molar-refractivity contribution in [1.82, 2.24) is 9.71 Å². The number of halogens is 5. The molecule has 0 aliphatic rings. The Labute approximate surface area is 174 Å². The molecule has 0 spiro atoms. The second kappa shape index (κ2) is 7.71. The molecule has 1 atom stereocenters. The van der Waals surface area contributed by atoms with E-state index in [1.165, 1.54) is 6.20 Å². The third-order valence-electron chi connectivity index (χ3n) is 4.30. The molecule has 0 saturated carbocycles. The van der Waals surface area contributed by atoms with Gasteiger partial charge in [-0.05, 0) is 37.1 Å². The van der Waals surface area contributed by atoms with Gasteiger partial charge in [0.2, 0.25) is 10.0 Å². The lowest BCUT2D eigenvalue weighted by molar-refractivity contribution is -0.150. The fourth-order valence-electron chi connectivity index (χ4n) is 2.96. The molecular weight excluding hydrogens is 452 g/mol. The van der Waals surface area contributed by atoms with Crippen molar-refractivity contribution in [1.29, 1.82) is 0 Å². The van der Waals surface area contributed by atoms with E-state index in [4.69, 9.17) is 23.2 Å².